The summed E-state index contributed by atoms with van der Waals surface area (Å²) < 4.78 is 39.6. The average Bonchev–Trinajstić information content (AvgIpc) is 3.41. The highest BCUT2D eigenvalue weighted by Crippen LogP contribution is 2.44. The monoisotopic (exact) mass is 551 g/mol. The third-order valence-corrected chi connectivity index (χ3v) is 7.76. The Hall–Kier alpha value is -2.97. The van der Waals surface area contributed by atoms with E-state index in [2.05, 4.69) is 30.9 Å². The molecule has 2 saturated carbocycles. The minimum absolute atomic E-state index is 0.0506. The van der Waals surface area contributed by atoms with Gasteiger partial charge in [-0.2, -0.15) is 13.2 Å². The predicted octanol–water partition coefficient (Wildman–Crippen LogP) is 2.65. The number of fused-ring (bicyclic) bond motifs is 1. The van der Waals surface area contributed by atoms with Crippen molar-refractivity contribution < 1.29 is 28.2 Å². The number of alkyl halides is 3. The van der Waals surface area contributed by atoms with Crippen LogP contribution >= 0.6 is 11.8 Å². The first-order chi connectivity index (χ1) is 18.2. The number of carbonyl (C=O) groups is 1. The van der Waals surface area contributed by atoms with Gasteiger partial charge < -0.3 is 20.8 Å². The van der Waals surface area contributed by atoms with Gasteiger partial charge >= 0.3 is 6.18 Å². The van der Waals surface area contributed by atoms with Crippen molar-refractivity contribution in [2.75, 3.05) is 17.6 Å². The molecule has 6 atom stereocenters. The summed E-state index contributed by atoms with van der Waals surface area (Å²) in [5, 5.41) is 35.8. The first-order valence-electron chi connectivity index (χ1n) is 12.4. The lowest BCUT2D eigenvalue weighted by atomic mass is 10.0. The van der Waals surface area contributed by atoms with Crippen LogP contribution in [0.3, 0.4) is 0 Å². The zero-order valence-electron chi connectivity index (χ0n) is 20.5. The van der Waals surface area contributed by atoms with Crippen molar-refractivity contribution >= 4 is 34.7 Å². The van der Waals surface area contributed by atoms with Crippen LogP contribution in [0.2, 0.25) is 0 Å². The fraction of sp³-hybridized carbons (Fsp3) is 0.542. The molecule has 2 aliphatic carbocycles. The molecule has 1 amide bonds. The summed E-state index contributed by atoms with van der Waals surface area (Å²) in [5.74, 6) is -0.912. The minimum atomic E-state index is -4.31. The van der Waals surface area contributed by atoms with Crippen molar-refractivity contribution in [1.29, 1.82) is 0 Å². The minimum Gasteiger partial charge on any atom is -0.390 e. The number of nitrogens with one attached hydrogen (secondary N) is 2. The second-order valence-electron chi connectivity index (χ2n) is 9.56. The summed E-state index contributed by atoms with van der Waals surface area (Å²) in [6, 6.07) is 9.18. The Morgan fingerprint density at radius 3 is 2.63 bits per heavy atom. The maximum atomic E-state index is 12.8. The molecule has 0 radical (unpaired) electrons. The third kappa shape index (κ3) is 5.57. The Morgan fingerprint density at radius 1 is 1.16 bits per heavy atom. The van der Waals surface area contributed by atoms with E-state index >= 15 is 0 Å². The van der Waals surface area contributed by atoms with Crippen LogP contribution in [0.25, 0.3) is 11.2 Å². The van der Waals surface area contributed by atoms with Gasteiger partial charge in [-0.1, -0.05) is 47.3 Å². The van der Waals surface area contributed by atoms with E-state index in [1.165, 1.54) is 4.68 Å². The van der Waals surface area contributed by atoms with Gasteiger partial charge in [0.15, 0.2) is 22.1 Å². The summed E-state index contributed by atoms with van der Waals surface area (Å²) in [4.78, 5) is 21.3. The van der Waals surface area contributed by atoms with Gasteiger partial charge in [-0.25, -0.2) is 14.6 Å². The second-order valence-corrected chi connectivity index (χ2v) is 10.6. The van der Waals surface area contributed by atoms with Crippen LogP contribution < -0.4 is 10.6 Å². The lowest BCUT2D eigenvalue weighted by Crippen LogP contribution is -2.38. The Balaban J connectivity index is 1.44. The van der Waals surface area contributed by atoms with Crippen LogP contribution in [0.5, 0.6) is 0 Å². The van der Waals surface area contributed by atoms with E-state index in [0.717, 1.165) is 23.7 Å². The SMILES string of the molecule is CCNC(=O)[C@@H]1C[C@H](n2nnc3c(NC4CC4c4ccccc4)nc(SCCC(F)(F)F)nc32)[C@@H](O)[C@H]1O. The second kappa shape index (κ2) is 10.7. The number of aliphatic hydroxyl groups is 2. The Bertz CT molecular complexity index is 1290. The molecule has 5 rings (SSSR count). The maximum absolute atomic E-state index is 12.8. The number of thioether (sulfide) groups is 1. The molecule has 204 valence electrons. The fourth-order valence-corrected chi connectivity index (χ4v) is 5.70. The van der Waals surface area contributed by atoms with Gasteiger partial charge in [0.05, 0.1) is 24.5 Å². The van der Waals surface area contributed by atoms with Crippen LogP contribution in [-0.2, 0) is 4.79 Å². The molecule has 0 saturated heterocycles. The lowest BCUT2D eigenvalue weighted by molar-refractivity contribution is -0.130. The molecule has 1 aromatic carbocycles. The average molecular weight is 552 g/mol. The molecule has 10 nitrogen and oxygen atoms in total. The molecule has 2 fully saturated rings. The molecule has 2 heterocycles. The van der Waals surface area contributed by atoms with E-state index in [-0.39, 0.29) is 40.8 Å². The molecule has 2 aromatic heterocycles. The normalized spacial score (nSPS) is 27.0. The Morgan fingerprint density at radius 2 is 1.92 bits per heavy atom. The highest BCUT2D eigenvalue weighted by Gasteiger charge is 2.47. The van der Waals surface area contributed by atoms with Gasteiger partial charge in [-0.05, 0) is 25.3 Å². The number of aliphatic hydroxyl groups excluding tert-OH is 2. The van der Waals surface area contributed by atoms with Crippen molar-refractivity contribution in [1.82, 2.24) is 30.3 Å². The van der Waals surface area contributed by atoms with E-state index < -0.39 is 36.8 Å². The number of nitrogens with zero attached hydrogens (tertiary/aromatic N) is 5. The topological polar surface area (TPSA) is 138 Å². The molecule has 4 N–H and O–H groups in total. The first-order valence-corrected chi connectivity index (χ1v) is 13.4. The molecular weight excluding hydrogens is 523 g/mol. The Labute approximate surface area is 220 Å². The van der Waals surface area contributed by atoms with E-state index in [9.17, 15) is 28.2 Å². The number of hydrogen-bond acceptors (Lipinski definition) is 9. The van der Waals surface area contributed by atoms with Crippen LogP contribution in [0.15, 0.2) is 35.5 Å². The number of benzene rings is 1. The number of carbonyl (C=O) groups excluding carboxylic acids is 1. The van der Waals surface area contributed by atoms with Crippen molar-refractivity contribution in [2.45, 2.75) is 67.7 Å². The van der Waals surface area contributed by atoms with Gasteiger partial charge in [0.2, 0.25) is 5.91 Å². The number of amides is 1. The first kappa shape index (κ1) is 26.6. The van der Waals surface area contributed by atoms with Crippen LogP contribution in [-0.4, -0.2) is 77.8 Å². The smallest absolute Gasteiger partial charge is 0.389 e. The van der Waals surface area contributed by atoms with Crippen LogP contribution in [0.4, 0.5) is 19.0 Å². The van der Waals surface area contributed by atoms with E-state index in [1.54, 1.807) is 6.92 Å². The lowest BCUT2D eigenvalue weighted by Gasteiger charge is -2.17. The van der Waals surface area contributed by atoms with Crippen LogP contribution in [0.1, 0.15) is 43.7 Å². The zero-order chi connectivity index (χ0) is 27.0. The standard InChI is InChI=1S/C24H28F3N7O3S/c1-2-28-22(37)14-11-16(19(36)18(14)35)34-21-17(32-33-34)20(30-23(31-21)38-9-8-24(25,26)27)29-15-10-13(15)12-6-4-3-5-7-12/h3-7,13-16,18-19,35-36H,2,8-11H2,1H3,(H,28,37)(H,29,30,31)/t13?,14-,15?,16+,18+,19-/m1/s1. The quantitative estimate of drug-likeness (QED) is 0.234. The van der Waals surface area contributed by atoms with Crippen LogP contribution in [0, 0.1) is 5.92 Å². The van der Waals surface area contributed by atoms with Crippen molar-refractivity contribution in [3.63, 3.8) is 0 Å². The molecule has 38 heavy (non-hydrogen) atoms. The molecule has 14 heteroatoms. The molecule has 3 aromatic rings. The van der Waals surface area contributed by atoms with E-state index in [0.29, 0.717) is 17.9 Å². The third-order valence-electron chi connectivity index (χ3n) is 6.91. The van der Waals surface area contributed by atoms with Crippen molar-refractivity contribution in [3.8, 4) is 0 Å². The molecule has 2 unspecified atom stereocenters. The van der Waals surface area contributed by atoms with Gasteiger partial charge in [-0.15, -0.1) is 5.10 Å². The largest absolute Gasteiger partial charge is 0.390 e. The number of aromatic nitrogens is 5. The zero-order valence-corrected chi connectivity index (χ0v) is 21.3. The summed E-state index contributed by atoms with van der Waals surface area (Å²) >= 11 is 0.862. The van der Waals surface area contributed by atoms with E-state index in [4.69, 9.17) is 0 Å². The Kier molecular flexibility index (Phi) is 7.47. The number of rotatable bonds is 9. The summed E-state index contributed by atoms with van der Waals surface area (Å²) in [6.45, 7) is 2.13. The molecular formula is C24H28F3N7O3S. The maximum Gasteiger partial charge on any atom is 0.389 e. The van der Waals surface area contributed by atoms with Gasteiger partial charge in [0.1, 0.15) is 6.10 Å². The molecule has 0 spiro atoms. The molecule has 0 aliphatic heterocycles. The highest BCUT2D eigenvalue weighted by molar-refractivity contribution is 7.99. The van der Waals surface area contributed by atoms with E-state index in [1.807, 2.05) is 30.3 Å². The fourth-order valence-electron chi connectivity index (χ4n) is 4.87. The number of anilines is 1. The van der Waals surface area contributed by atoms with Gasteiger partial charge in [0, 0.05) is 24.3 Å². The van der Waals surface area contributed by atoms with Crippen molar-refractivity contribution in [2.24, 2.45) is 5.92 Å². The molecule has 0 bridgehead atoms. The summed E-state index contributed by atoms with van der Waals surface area (Å²) in [6.07, 6.45) is -7.00. The summed E-state index contributed by atoms with van der Waals surface area (Å²) in [5.41, 5.74) is 1.67. The number of hydrogen-bond donors (Lipinski definition) is 4. The highest BCUT2D eigenvalue weighted by atomic mass is 32.2. The summed E-state index contributed by atoms with van der Waals surface area (Å²) in [7, 11) is 0. The van der Waals surface area contributed by atoms with Gasteiger partial charge in [0.25, 0.3) is 0 Å². The number of halogens is 3. The van der Waals surface area contributed by atoms with Crippen molar-refractivity contribution in [3.05, 3.63) is 35.9 Å². The predicted molar refractivity (Wildman–Crippen MR) is 134 cm³/mol. The molecule has 2 aliphatic rings. The van der Waals surface area contributed by atoms with Gasteiger partial charge in [-0.3, -0.25) is 4.79 Å².